The fraction of sp³-hybridized carbons (Fsp3) is 0.409. The van der Waals surface area contributed by atoms with Crippen LogP contribution in [0.15, 0.2) is 54.6 Å². The Hall–Kier alpha value is -2.13. The lowest BCUT2D eigenvalue weighted by Gasteiger charge is -2.27. The van der Waals surface area contributed by atoms with Crippen molar-refractivity contribution in [2.45, 2.75) is 44.2 Å². The fourth-order valence-electron chi connectivity index (χ4n) is 4.16. The van der Waals surface area contributed by atoms with Gasteiger partial charge in [-0.05, 0) is 42.4 Å². The van der Waals surface area contributed by atoms with Crippen LogP contribution in [-0.4, -0.2) is 29.6 Å². The first-order chi connectivity index (χ1) is 12.3. The van der Waals surface area contributed by atoms with E-state index in [4.69, 9.17) is 4.74 Å². The molecule has 25 heavy (non-hydrogen) atoms. The molecule has 0 aliphatic carbocycles. The highest BCUT2D eigenvalue weighted by atomic mass is 16.5. The zero-order valence-corrected chi connectivity index (χ0v) is 14.6. The van der Waals surface area contributed by atoms with E-state index in [1.54, 1.807) is 0 Å². The summed E-state index contributed by atoms with van der Waals surface area (Å²) < 4.78 is 6.02. The van der Waals surface area contributed by atoms with Gasteiger partial charge in [-0.15, -0.1) is 0 Å². The maximum atomic E-state index is 12.7. The van der Waals surface area contributed by atoms with E-state index in [-0.39, 0.29) is 11.5 Å². The van der Waals surface area contributed by atoms with Crippen molar-refractivity contribution in [2.75, 3.05) is 13.2 Å². The molecule has 2 aromatic carbocycles. The molecule has 2 saturated heterocycles. The van der Waals surface area contributed by atoms with Crippen molar-refractivity contribution in [3.8, 4) is 11.1 Å². The van der Waals surface area contributed by atoms with Gasteiger partial charge in [0.15, 0.2) is 0 Å². The average molecular weight is 335 g/mol. The molecule has 2 heterocycles. The first-order valence-corrected chi connectivity index (χ1v) is 9.31. The van der Waals surface area contributed by atoms with Crippen LogP contribution >= 0.6 is 0 Å². The van der Waals surface area contributed by atoms with Gasteiger partial charge in [-0.3, -0.25) is 4.79 Å². The van der Waals surface area contributed by atoms with Gasteiger partial charge in [0.05, 0.1) is 5.60 Å². The second-order valence-electron chi connectivity index (χ2n) is 7.22. The smallest absolute Gasteiger partial charge is 0.222 e. The van der Waals surface area contributed by atoms with Gasteiger partial charge in [0.2, 0.25) is 5.91 Å². The van der Waals surface area contributed by atoms with Crippen molar-refractivity contribution in [1.82, 2.24) is 4.90 Å². The van der Waals surface area contributed by atoms with Crippen molar-refractivity contribution < 1.29 is 9.53 Å². The molecule has 130 valence electrons. The molecule has 0 saturated carbocycles. The third-order valence-corrected chi connectivity index (χ3v) is 5.63. The van der Waals surface area contributed by atoms with Crippen LogP contribution in [0.4, 0.5) is 0 Å². The summed E-state index contributed by atoms with van der Waals surface area (Å²) in [6, 6.07) is 18.8. The predicted molar refractivity (Wildman–Crippen MR) is 99.1 cm³/mol. The monoisotopic (exact) mass is 335 g/mol. The summed E-state index contributed by atoms with van der Waals surface area (Å²) in [5.74, 6) is 0.259. The Bertz CT molecular complexity index is 735. The van der Waals surface area contributed by atoms with E-state index in [0.717, 1.165) is 38.8 Å². The Balaban J connectivity index is 1.55. The Labute approximate surface area is 149 Å². The zero-order chi connectivity index (χ0) is 17.1. The molecule has 1 atom stereocenters. The Morgan fingerprint density at radius 3 is 2.56 bits per heavy atom. The summed E-state index contributed by atoms with van der Waals surface area (Å²) >= 11 is 0. The van der Waals surface area contributed by atoms with Crippen LogP contribution in [0.3, 0.4) is 0 Å². The van der Waals surface area contributed by atoms with E-state index in [9.17, 15) is 4.79 Å². The van der Waals surface area contributed by atoms with Gasteiger partial charge < -0.3 is 9.64 Å². The molecule has 2 aliphatic rings. The molecule has 2 aliphatic heterocycles. The highest BCUT2D eigenvalue weighted by molar-refractivity contribution is 5.77. The second kappa shape index (κ2) is 7.01. The molecule has 0 radical (unpaired) electrons. The SMILES string of the molecule is O=C1CCC2(CCCO2)CCN1Cc1ccccc1-c1ccccc1. The molecule has 1 amide bonds. The van der Waals surface area contributed by atoms with E-state index in [1.165, 1.54) is 16.7 Å². The number of hydrogen-bond acceptors (Lipinski definition) is 2. The summed E-state index contributed by atoms with van der Waals surface area (Å²) in [6.07, 6.45) is 4.68. The van der Waals surface area contributed by atoms with Crippen molar-refractivity contribution >= 4 is 5.91 Å². The number of ether oxygens (including phenoxy) is 1. The van der Waals surface area contributed by atoms with Crippen LogP contribution in [-0.2, 0) is 16.1 Å². The number of likely N-dealkylation sites (tertiary alicyclic amines) is 1. The minimum atomic E-state index is -0.0383. The van der Waals surface area contributed by atoms with Gasteiger partial charge in [-0.2, -0.15) is 0 Å². The molecule has 0 N–H and O–H groups in total. The third-order valence-electron chi connectivity index (χ3n) is 5.63. The van der Waals surface area contributed by atoms with E-state index in [1.807, 2.05) is 11.0 Å². The van der Waals surface area contributed by atoms with Crippen molar-refractivity contribution in [3.63, 3.8) is 0 Å². The largest absolute Gasteiger partial charge is 0.375 e. The Morgan fingerprint density at radius 1 is 0.960 bits per heavy atom. The maximum Gasteiger partial charge on any atom is 0.222 e. The summed E-state index contributed by atoms with van der Waals surface area (Å²) in [5, 5.41) is 0. The molecule has 1 unspecified atom stereocenters. The van der Waals surface area contributed by atoms with E-state index in [0.29, 0.717) is 13.0 Å². The van der Waals surface area contributed by atoms with Gasteiger partial charge in [0.1, 0.15) is 0 Å². The second-order valence-corrected chi connectivity index (χ2v) is 7.22. The van der Waals surface area contributed by atoms with Crippen molar-refractivity contribution in [3.05, 3.63) is 60.2 Å². The lowest BCUT2D eigenvalue weighted by Crippen LogP contribution is -2.32. The number of amides is 1. The lowest BCUT2D eigenvalue weighted by atomic mass is 9.92. The summed E-state index contributed by atoms with van der Waals surface area (Å²) in [5.41, 5.74) is 3.59. The summed E-state index contributed by atoms with van der Waals surface area (Å²) in [7, 11) is 0. The third kappa shape index (κ3) is 3.47. The van der Waals surface area contributed by atoms with E-state index in [2.05, 4.69) is 48.5 Å². The average Bonchev–Trinajstić information content (AvgIpc) is 3.07. The molecule has 3 nitrogen and oxygen atoms in total. The van der Waals surface area contributed by atoms with Gasteiger partial charge in [0, 0.05) is 26.1 Å². The standard InChI is InChI=1S/C22H25NO2/c24-21-11-13-22(12-6-16-25-22)14-15-23(21)17-19-9-4-5-10-20(19)18-7-2-1-3-8-18/h1-5,7-10H,6,11-17H2. The van der Waals surface area contributed by atoms with Gasteiger partial charge in [0.25, 0.3) is 0 Å². The topological polar surface area (TPSA) is 29.5 Å². The van der Waals surface area contributed by atoms with Crippen LogP contribution in [0.2, 0.25) is 0 Å². The maximum absolute atomic E-state index is 12.7. The molecule has 2 aromatic rings. The quantitative estimate of drug-likeness (QED) is 0.831. The zero-order valence-electron chi connectivity index (χ0n) is 14.6. The number of carbonyl (C=O) groups is 1. The molecule has 4 rings (SSSR count). The van der Waals surface area contributed by atoms with Crippen LogP contribution in [0, 0.1) is 0 Å². The Morgan fingerprint density at radius 2 is 1.76 bits per heavy atom. The van der Waals surface area contributed by atoms with Crippen LogP contribution in [0.25, 0.3) is 11.1 Å². The normalized spacial score (nSPS) is 23.8. The van der Waals surface area contributed by atoms with Gasteiger partial charge in [-0.1, -0.05) is 54.6 Å². The molecule has 0 aromatic heterocycles. The van der Waals surface area contributed by atoms with Gasteiger partial charge >= 0.3 is 0 Å². The first-order valence-electron chi connectivity index (χ1n) is 9.31. The molecule has 3 heteroatoms. The van der Waals surface area contributed by atoms with Crippen LogP contribution in [0.1, 0.15) is 37.7 Å². The minimum Gasteiger partial charge on any atom is -0.375 e. The molecule has 0 bridgehead atoms. The number of carbonyl (C=O) groups excluding carboxylic acids is 1. The number of nitrogens with zero attached hydrogens (tertiary/aromatic N) is 1. The highest BCUT2D eigenvalue weighted by Crippen LogP contribution is 2.36. The van der Waals surface area contributed by atoms with E-state index < -0.39 is 0 Å². The van der Waals surface area contributed by atoms with Crippen LogP contribution in [0.5, 0.6) is 0 Å². The summed E-state index contributed by atoms with van der Waals surface area (Å²) in [4.78, 5) is 14.7. The lowest BCUT2D eigenvalue weighted by molar-refractivity contribution is -0.131. The molecular formula is C22H25NO2. The number of hydrogen-bond donors (Lipinski definition) is 0. The summed E-state index contributed by atoms with van der Waals surface area (Å²) in [6.45, 7) is 2.33. The molecule has 1 spiro atoms. The van der Waals surface area contributed by atoms with Crippen molar-refractivity contribution in [2.24, 2.45) is 0 Å². The van der Waals surface area contributed by atoms with Crippen LogP contribution < -0.4 is 0 Å². The number of benzene rings is 2. The fourth-order valence-corrected chi connectivity index (χ4v) is 4.16. The highest BCUT2D eigenvalue weighted by Gasteiger charge is 2.38. The minimum absolute atomic E-state index is 0.0383. The molecule has 2 fully saturated rings. The first kappa shape index (κ1) is 16.3. The Kier molecular flexibility index (Phi) is 4.58. The molecular weight excluding hydrogens is 310 g/mol. The number of rotatable bonds is 3. The predicted octanol–water partition coefficient (Wildman–Crippen LogP) is 4.42. The van der Waals surface area contributed by atoms with E-state index >= 15 is 0 Å². The van der Waals surface area contributed by atoms with Gasteiger partial charge in [-0.25, -0.2) is 0 Å². The van der Waals surface area contributed by atoms with Crippen molar-refractivity contribution in [1.29, 1.82) is 0 Å².